The van der Waals surface area contributed by atoms with Crippen LogP contribution in [0.5, 0.6) is 0 Å². The van der Waals surface area contributed by atoms with Gasteiger partial charge in [-0.15, -0.1) is 0 Å². The second-order valence-corrected chi connectivity index (χ2v) is 8.21. The third kappa shape index (κ3) is 8.53. The van der Waals surface area contributed by atoms with Gasteiger partial charge in [-0.2, -0.15) is 0 Å². The fraction of sp³-hybridized carbons (Fsp3) is 0.542. The number of primary amides is 1. The van der Waals surface area contributed by atoms with Crippen LogP contribution in [0, 0.1) is 12.8 Å². The molecule has 31 heavy (non-hydrogen) atoms. The Balaban J connectivity index is 0.000000357. The molecule has 1 unspecified atom stereocenters. The van der Waals surface area contributed by atoms with Crippen molar-refractivity contribution in [3.63, 3.8) is 0 Å². The van der Waals surface area contributed by atoms with Crippen molar-refractivity contribution >= 4 is 11.9 Å². The number of aromatic carboxylic acids is 1. The first-order valence-electron chi connectivity index (χ1n) is 11.0. The zero-order chi connectivity index (χ0) is 22.6. The maximum atomic E-state index is 11.3. The van der Waals surface area contributed by atoms with Crippen LogP contribution in [0.25, 0.3) is 0 Å². The molecule has 1 saturated carbocycles. The number of carbonyl (C=O) groups excluding carboxylic acids is 1. The third-order valence-electron chi connectivity index (χ3n) is 5.73. The van der Waals surface area contributed by atoms with Gasteiger partial charge in [0.2, 0.25) is 5.91 Å². The van der Waals surface area contributed by atoms with Crippen LogP contribution < -0.4 is 5.73 Å². The number of carboxylic acid groups (broad SMARTS) is 1. The standard InChI is InChI=1S/C17H26N2O4.C7H8O/c1-11-15(17(21)22)19-16(23-11)13(10-14(18)20)9-5-8-12-6-3-2-4-7-12;8-6-7-4-2-1-3-5-7/h12-13H,2-10H2,1H3,(H2,18,20)(H,21,22);1-5,8H,6H2. The molecule has 0 aliphatic heterocycles. The first-order valence-corrected chi connectivity index (χ1v) is 11.0. The van der Waals surface area contributed by atoms with Gasteiger partial charge >= 0.3 is 5.97 Å². The quantitative estimate of drug-likeness (QED) is 0.535. The zero-order valence-corrected chi connectivity index (χ0v) is 18.3. The number of hydrogen-bond acceptors (Lipinski definition) is 5. The molecule has 0 radical (unpaired) electrons. The molecular formula is C24H34N2O5. The van der Waals surface area contributed by atoms with E-state index in [1.807, 2.05) is 30.3 Å². The number of aryl methyl sites for hydroxylation is 1. The molecule has 0 spiro atoms. The van der Waals surface area contributed by atoms with E-state index in [2.05, 4.69) is 4.98 Å². The lowest BCUT2D eigenvalue weighted by atomic mass is 9.84. The second kappa shape index (κ2) is 12.9. The van der Waals surface area contributed by atoms with E-state index >= 15 is 0 Å². The molecule has 1 fully saturated rings. The second-order valence-electron chi connectivity index (χ2n) is 8.21. The molecule has 1 atom stereocenters. The van der Waals surface area contributed by atoms with Crippen LogP contribution in [0.2, 0.25) is 0 Å². The number of amides is 1. The van der Waals surface area contributed by atoms with Gasteiger partial charge in [0, 0.05) is 12.3 Å². The van der Waals surface area contributed by atoms with Crippen LogP contribution in [0.4, 0.5) is 0 Å². The SMILES string of the molecule is Cc1oc(C(CCCC2CCCCC2)CC(N)=O)nc1C(=O)O.OCc1ccccc1. The molecule has 3 rings (SSSR count). The van der Waals surface area contributed by atoms with E-state index in [1.54, 1.807) is 6.92 Å². The van der Waals surface area contributed by atoms with Crippen molar-refractivity contribution in [2.75, 3.05) is 0 Å². The van der Waals surface area contributed by atoms with Crippen LogP contribution in [-0.4, -0.2) is 27.1 Å². The Morgan fingerprint density at radius 1 is 1.19 bits per heavy atom. The molecule has 1 aromatic carbocycles. The highest BCUT2D eigenvalue weighted by molar-refractivity contribution is 5.86. The van der Waals surface area contributed by atoms with Crippen LogP contribution >= 0.6 is 0 Å². The highest BCUT2D eigenvalue weighted by Gasteiger charge is 2.24. The summed E-state index contributed by atoms with van der Waals surface area (Å²) in [5, 5.41) is 17.6. The summed E-state index contributed by atoms with van der Waals surface area (Å²) < 4.78 is 5.48. The van der Waals surface area contributed by atoms with Gasteiger partial charge in [-0.25, -0.2) is 9.78 Å². The predicted octanol–water partition coefficient (Wildman–Crippen LogP) is 4.57. The molecule has 7 heteroatoms. The molecule has 1 aliphatic rings. The minimum atomic E-state index is -1.11. The van der Waals surface area contributed by atoms with Gasteiger partial charge in [0.05, 0.1) is 6.61 Å². The van der Waals surface area contributed by atoms with E-state index in [9.17, 15) is 9.59 Å². The topological polar surface area (TPSA) is 127 Å². The Morgan fingerprint density at radius 3 is 2.39 bits per heavy atom. The van der Waals surface area contributed by atoms with Crippen molar-refractivity contribution in [1.29, 1.82) is 0 Å². The smallest absolute Gasteiger partial charge is 0.358 e. The van der Waals surface area contributed by atoms with Gasteiger partial charge in [0.25, 0.3) is 0 Å². The van der Waals surface area contributed by atoms with Crippen molar-refractivity contribution < 1.29 is 24.2 Å². The van der Waals surface area contributed by atoms with E-state index in [0.29, 0.717) is 5.89 Å². The highest BCUT2D eigenvalue weighted by Crippen LogP contribution is 2.31. The van der Waals surface area contributed by atoms with Gasteiger partial charge in [-0.3, -0.25) is 4.79 Å². The van der Waals surface area contributed by atoms with Crippen LogP contribution in [0.3, 0.4) is 0 Å². The van der Waals surface area contributed by atoms with E-state index in [0.717, 1.165) is 30.7 Å². The van der Waals surface area contributed by atoms with Crippen LogP contribution in [0.1, 0.15) is 91.4 Å². The number of aliphatic hydroxyl groups excluding tert-OH is 1. The fourth-order valence-electron chi connectivity index (χ4n) is 4.06. The monoisotopic (exact) mass is 430 g/mol. The Bertz CT molecular complexity index is 813. The Labute approximate surface area is 183 Å². The predicted molar refractivity (Wildman–Crippen MR) is 118 cm³/mol. The fourth-order valence-corrected chi connectivity index (χ4v) is 4.06. The first kappa shape index (κ1) is 24.6. The van der Waals surface area contributed by atoms with Crippen LogP contribution in [0.15, 0.2) is 34.7 Å². The summed E-state index contributed by atoms with van der Waals surface area (Å²) in [5.74, 6) is -0.392. The molecule has 1 aliphatic carbocycles. The summed E-state index contributed by atoms with van der Waals surface area (Å²) in [4.78, 5) is 26.5. The van der Waals surface area contributed by atoms with Crippen molar-refractivity contribution in [3.05, 3.63) is 53.2 Å². The average Bonchev–Trinajstić information content (AvgIpc) is 3.16. The summed E-state index contributed by atoms with van der Waals surface area (Å²) >= 11 is 0. The van der Waals surface area contributed by atoms with Crippen molar-refractivity contribution in [2.45, 2.75) is 77.2 Å². The number of nitrogens with two attached hydrogens (primary N) is 1. The maximum Gasteiger partial charge on any atom is 0.358 e. The Morgan fingerprint density at radius 2 is 1.87 bits per heavy atom. The number of nitrogens with zero attached hydrogens (tertiary/aromatic N) is 1. The number of aliphatic hydroxyl groups is 1. The molecule has 2 aromatic rings. The zero-order valence-electron chi connectivity index (χ0n) is 18.3. The average molecular weight is 431 g/mol. The lowest BCUT2D eigenvalue weighted by Gasteiger charge is -2.22. The minimum Gasteiger partial charge on any atom is -0.476 e. The molecule has 4 N–H and O–H groups in total. The highest BCUT2D eigenvalue weighted by atomic mass is 16.4. The number of aromatic nitrogens is 1. The molecule has 170 valence electrons. The maximum absolute atomic E-state index is 11.3. The minimum absolute atomic E-state index is 0.0817. The number of rotatable bonds is 9. The summed E-state index contributed by atoms with van der Waals surface area (Å²) in [6.07, 6.45) is 9.57. The summed E-state index contributed by atoms with van der Waals surface area (Å²) in [7, 11) is 0. The normalized spacial score (nSPS) is 15.0. The summed E-state index contributed by atoms with van der Waals surface area (Å²) in [6.45, 7) is 1.71. The van der Waals surface area contributed by atoms with E-state index in [4.69, 9.17) is 20.4 Å². The van der Waals surface area contributed by atoms with E-state index < -0.39 is 11.9 Å². The summed E-state index contributed by atoms with van der Waals surface area (Å²) in [5.41, 5.74) is 6.21. The largest absolute Gasteiger partial charge is 0.476 e. The lowest BCUT2D eigenvalue weighted by Crippen LogP contribution is -2.16. The number of benzene rings is 1. The number of carboxylic acids is 1. The van der Waals surface area contributed by atoms with Gasteiger partial charge in [0.1, 0.15) is 5.76 Å². The van der Waals surface area contributed by atoms with Crippen molar-refractivity contribution in [3.8, 4) is 0 Å². The molecular weight excluding hydrogens is 396 g/mol. The number of oxazole rings is 1. The Hall–Kier alpha value is -2.67. The molecule has 1 amide bonds. The molecule has 1 aromatic heterocycles. The van der Waals surface area contributed by atoms with Crippen molar-refractivity contribution in [1.82, 2.24) is 4.98 Å². The van der Waals surface area contributed by atoms with Crippen LogP contribution in [-0.2, 0) is 11.4 Å². The molecule has 0 saturated heterocycles. The number of carbonyl (C=O) groups is 2. The molecule has 7 nitrogen and oxygen atoms in total. The van der Waals surface area contributed by atoms with E-state index in [-0.39, 0.29) is 30.4 Å². The van der Waals surface area contributed by atoms with Crippen molar-refractivity contribution in [2.24, 2.45) is 11.7 Å². The first-order chi connectivity index (χ1) is 14.9. The molecule has 0 bridgehead atoms. The Kier molecular flexibility index (Phi) is 10.2. The lowest BCUT2D eigenvalue weighted by molar-refractivity contribution is -0.118. The van der Waals surface area contributed by atoms with Gasteiger partial charge in [0.15, 0.2) is 11.6 Å². The number of hydrogen-bond donors (Lipinski definition) is 3. The molecule has 1 heterocycles. The van der Waals surface area contributed by atoms with Gasteiger partial charge in [-0.1, -0.05) is 75.3 Å². The van der Waals surface area contributed by atoms with Gasteiger partial charge < -0.3 is 20.4 Å². The summed E-state index contributed by atoms with van der Waals surface area (Å²) in [6, 6.07) is 9.52. The van der Waals surface area contributed by atoms with Gasteiger partial charge in [-0.05, 0) is 24.8 Å². The van der Waals surface area contributed by atoms with E-state index in [1.165, 1.54) is 32.1 Å². The third-order valence-corrected chi connectivity index (χ3v) is 5.73.